The number of nitrogens with one attached hydrogen (secondary N) is 1. The fourth-order valence-electron chi connectivity index (χ4n) is 4.70. The second-order valence-corrected chi connectivity index (χ2v) is 8.64. The van der Waals surface area contributed by atoms with Crippen molar-refractivity contribution in [1.82, 2.24) is 24.9 Å². The number of urea groups is 1. The van der Waals surface area contributed by atoms with Crippen LogP contribution in [0.3, 0.4) is 0 Å². The maximum atomic E-state index is 13.3. The molecule has 172 valence electrons. The molecule has 2 aliphatic rings. The molecule has 2 saturated heterocycles. The van der Waals surface area contributed by atoms with E-state index in [4.69, 9.17) is 4.74 Å². The third-order valence-electron chi connectivity index (χ3n) is 6.45. The van der Waals surface area contributed by atoms with Gasteiger partial charge in [-0.25, -0.2) is 4.79 Å². The Labute approximate surface area is 189 Å². The van der Waals surface area contributed by atoms with E-state index in [1.54, 1.807) is 17.1 Å². The van der Waals surface area contributed by atoms with Crippen LogP contribution in [0.25, 0.3) is 0 Å². The summed E-state index contributed by atoms with van der Waals surface area (Å²) >= 11 is 0. The van der Waals surface area contributed by atoms with Crippen LogP contribution in [0, 0.1) is 0 Å². The van der Waals surface area contributed by atoms with Gasteiger partial charge in [0.15, 0.2) is 0 Å². The number of amides is 3. The molecular formula is C24H33N5O3. The zero-order valence-corrected chi connectivity index (χ0v) is 18.8. The number of likely N-dealkylation sites (tertiary alicyclic amines) is 1. The molecule has 1 aromatic carbocycles. The molecule has 2 aliphatic heterocycles. The first-order chi connectivity index (χ1) is 15.6. The highest BCUT2D eigenvalue weighted by atomic mass is 16.5. The van der Waals surface area contributed by atoms with E-state index in [9.17, 15) is 9.59 Å². The van der Waals surface area contributed by atoms with E-state index >= 15 is 0 Å². The van der Waals surface area contributed by atoms with Crippen LogP contribution in [-0.4, -0.2) is 76.5 Å². The monoisotopic (exact) mass is 439 g/mol. The van der Waals surface area contributed by atoms with Gasteiger partial charge in [-0.2, -0.15) is 5.10 Å². The van der Waals surface area contributed by atoms with Crippen LogP contribution in [0.5, 0.6) is 0 Å². The summed E-state index contributed by atoms with van der Waals surface area (Å²) in [5.41, 5.74) is 1.83. The molecule has 0 unspecified atom stereocenters. The highest BCUT2D eigenvalue weighted by Gasteiger charge is 2.35. The first-order valence-corrected chi connectivity index (χ1v) is 11.6. The molecule has 0 aliphatic carbocycles. The molecule has 0 bridgehead atoms. The molecule has 4 rings (SSSR count). The Morgan fingerprint density at radius 3 is 2.44 bits per heavy atom. The second kappa shape index (κ2) is 10.6. The van der Waals surface area contributed by atoms with Crippen LogP contribution in [0.4, 0.5) is 4.79 Å². The Morgan fingerprint density at radius 1 is 1.09 bits per heavy atom. The highest BCUT2D eigenvalue weighted by Crippen LogP contribution is 2.25. The second-order valence-electron chi connectivity index (χ2n) is 8.64. The number of benzene rings is 1. The van der Waals surface area contributed by atoms with Crippen molar-refractivity contribution < 1.29 is 14.3 Å². The molecular weight excluding hydrogens is 406 g/mol. The molecule has 1 aromatic heterocycles. The van der Waals surface area contributed by atoms with Crippen molar-refractivity contribution in [1.29, 1.82) is 0 Å². The van der Waals surface area contributed by atoms with Gasteiger partial charge in [0.2, 0.25) is 0 Å². The van der Waals surface area contributed by atoms with Gasteiger partial charge >= 0.3 is 6.03 Å². The van der Waals surface area contributed by atoms with Crippen LogP contribution < -0.4 is 5.32 Å². The van der Waals surface area contributed by atoms with Crippen molar-refractivity contribution in [3.05, 3.63) is 53.9 Å². The van der Waals surface area contributed by atoms with Gasteiger partial charge in [-0.1, -0.05) is 30.3 Å². The molecule has 8 nitrogen and oxygen atoms in total. The van der Waals surface area contributed by atoms with Gasteiger partial charge < -0.3 is 19.9 Å². The topological polar surface area (TPSA) is 79.7 Å². The van der Waals surface area contributed by atoms with Crippen molar-refractivity contribution in [2.24, 2.45) is 7.05 Å². The standard InChI is InChI=1S/C24H33N5O3/c1-27-18-20(17-26-27)23(30)28-13-8-21(9-14-28)29(22-10-15-32-16-11-22)24(31)25-12-7-19-5-3-2-4-6-19/h2-6,17-18,21-22H,7-16H2,1H3,(H,25,31). The number of ether oxygens (including phenoxy) is 1. The number of nitrogens with zero attached hydrogens (tertiary/aromatic N) is 4. The summed E-state index contributed by atoms with van der Waals surface area (Å²) in [7, 11) is 1.81. The number of aromatic nitrogens is 2. The van der Waals surface area contributed by atoms with Crippen LogP contribution in [-0.2, 0) is 18.2 Å². The summed E-state index contributed by atoms with van der Waals surface area (Å²) in [6, 6.07) is 10.5. The van der Waals surface area contributed by atoms with Gasteiger partial charge in [-0.15, -0.1) is 0 Å². The fraction of sp³-hybridized carbons (Fsp3) is 0.542. The van der Waals surface area contributed by atoms with Crippen molar-refractivity contribution in [2.75, 3.05) is 32.8 Å². The van der Waals surface area contributed by atoms with Gasteiger partial charge in [0.25, 0.3) is 5.91 Å². The quantitative estimate of drug-likeness (QED) is 0.750. The van der Waals surface area contributed by atoms with Crippen molar-refractivity contribution in [3.8, 4) is 0 Å². The highest BCUT2D eigenvalue weighted by molar-refractivity contribution is 5.93. The van der Waals surface area contributed by atoms with E-state index in [0.717, 1.165) is 32.1 Å². The molecule has 1 N–H and O–H groups in total. The minimum atomic E-state index is 0.00451. The third kappa shape index (κ3) is 5.48. The van der Waals surface area contributed by atoms with Crippen molar-refractivity contribution in [3.63, 3.8) is 0 Å². The first kappa shape index (κ1) is 22.3. The Balaban J connectivity index is 1.36. The number of rotatable bonds is 6. The zero-order chi connectivity index (χ0) is 22.3. The maximum Gasteiger partial charge on any atom is 0.317 e. The average molecular weight is 440 g/mol. The van der Waals surface area contributed by atoms with Gasteiger partial charge in [-0.3, -0.25) is 9.48 Å². The zero-order valence-electron chi connectivity index (χ0n) is 18.8. The van der Waals surface area contributed by atoms with Crippen LogP contribution >= 0.6 is 0 Å². The number of aryl methyl sites for hydroxylation is 1. The van der Waals surface area contributed by atoms with Crippen molar-refractivity contribution >= 4 is 11.9 Å². The third-order valence-corrected chi connectivity index (χ3v) is 6.45. The predicted molar refractivity (Wildman–Crippen MR) is 121 cm³/mol. The summed E-state index contributed by atoms with van der Waals surface area (Å²) < 4.78 is 7.18. The van der Waals surface area contributed by atoms with E-state index in [2.05, 4.69) is 27.4 Å². The molecule has 3 amide bonds. The average Bonchev–Trinajstić information content (AvgIpc) is 3.27. The molecule has 0 saturated carbocycles. The largest absolute Gasteiger partial charge is 0.381 e. The van der Waals surface area contributed by atoms with E-state index in [1.807, 2.05) is 30.1 Å². The molecule has 32 heavy (non-hydrogen) atoms. The minimum absolute atomic E-state index is 0.00451. The molecule has 0 radical (unpaired) electrons. The lowest BCUT2D eigenvalue weighted by molar-refractivity contribution is 0.0209. The normalized spacial score (nSPS) is 17.8. The lowest BCUT2D eigenvalue weighted by atomic mass is 9.98. The number of carbonyl (C=O) groups excluding carboxylic acids is 2. The SMILES string of the molecule is Cn1cc(C(=O)N2CCC(N(C(=O)NCCc3ccccc3)C3CCOCC3)CC2)cn1. The van der Waals surface area contributed by atoms with Crippen LogP contribution in [0.15, 0.2) is 42.7 Å². The molecule has 0 spiro atoms. The number of piperidine rings is 1. The van der Waals surface area contributed by atoms with Crippen LogP contribution in [0.2, 0.25) is 0 Å². The summed E-state index contributed by atoms with van der Waals surface area (Å²) in [5.74, 6) is 0.0153. The molecule has 2 aromatic rings. The minimum Gasteiger partial charge on any atom is -0.381 e. The predicted octanol–water partition coefficient (Wildman–Crippen LogP) is 2.46. The van der Waals surface area contributed by atoms with Gasteiger partial charge in [0, 0.05) is 58.2 Å². The Kier molecular flexibility index (Phi) is 7.42. The first-order valence-electron chi connectivity index (χ1n) is 11.6. The summed E-state index contributed by atoms with van der Waals surface area (Å²) in [6.45, 7) is 3.29. The van der Waals surface area contributed by atoms with Gasteiger partial charge in [0.05, 0.1) is 11.8 Å². The van der Waals surface area contributed by atoms with Gasteiger partial charge in [-0.05, 0) is 37.7 Å². The molecule has 0 atom stereocenters. The fourth-order valence-corrected chi connectivity index (χ4v) is 4.70. The maximum absolute atomic E-state index is 13.3. The van der Waals surface area contributed by atoms with E-state index in [1.165, 1.54) is 5.56 Å². The number of carbonyl (C=O) groups is 2. The summed E-state index contributed by atoms with van der Waals surface area (Å²) in [4.78, 5) is 30.0. The molecule has 3 heterocycles. The van der Waals surface area contributed by atoms with Crippen molar-refractivity contribution in [2.45, 2.75) is 44.2 Å². The van der Waals surface area contributed by atoms with E-state index in [0.29, 0.717) is 38.4 Å². The smallest absolute Gasteiger partial charge is 0.317 e. The Bertz CT molecular complexity index is 886. The Hall–Kier alpha value is -2.87. The Morgan fingerprint density at radius 2 is 1.78 bits per heavy atom. The molecule has 8 heteroatoms. The number of hydrogen-bond donors (Lipinski definition) is 1. The summed E-state index contributed by atoms with van der Waals surface area (Å²) in [5, 5.41) is 7.25. The van der Waals surface area contributed by atoms with Gasteiger partial charge in [0.1, 0.15) is 0 Å². The van der Waals surface area contributed by atoms with Crippen LogP contribution in [0.1, 0.15) is 41.6 Å². The van der Waals surface area contributed by atoms with E-state index < -0.39 is 0 Å². The van der Waals surface area contributed by atoms with E-state index in [-0.39, 0.29) is 24.0 Å². The summed E-state index contributed by atoms with van der Waals surface area (Å²) in [6.07, 6.45) is 7.48. The lowest BCUT2D eigenvalue weighted by Gasteiger charge is -2.43. The lowest BCUT2D eigenvalue weighted by Crippen LogP contribution is -2.56. The number of hydrogen-bond acceptors (Lipinski definition) is 4. The molecule has 2 fully saturated rings.